The molecule has 1 aliphatic rings. The fourth-order valence-electron chi connectivity index (χ4n) is 2.79. The van der Waals surface area contributed by atoms with E-state index in [0.717, 1.165) is 17.7 Å². The molecule has 0 aliphatic heterocycles. The van der Waals surface area contributed by atoms with Crippen LogP contribution in [0, 0.1) is 22.7 Å². The van der Waals surface area contributed by atoms with Crippen LogP contribution in [0.3, 0.4) is 0 Å². The summed E-state index contributed by atoms with van der Waals surface area (Å²) in [7, 11) is 0. The van der Waals surface area contributed by atoms with Crippen molar-refractivity contribution in [3.63, 3.8) is 0 Å². The van der Waals surface area contributed by atoms with Crippen LogP contribution in [0.4, 0.5) is 0 Å². The minimum atomic E-state index is -0.454. The summed E-state index contributed by atoms with van der Waals surface area (Å²) in [6, 6.07) is 10.2. The Kier molecular flexibility index (Phi) is 7.98. The van der Waals surface area contributed by atoms with Crippen molar-refractivity contribution in [2.75, 3.05) is 25.4 Å². The number of esters is 1. The molecule has 0 saturated carbocycles. The van der Waals surface area contributed by atoms with E-state index in [0.29, 0.717) is 0 Å². The van der Waals surface area contributed by atoms with Crippen molar-refractivity contribution in [2.24, 2.45) is 0 Å². The lowest BCUT2D eigenvalue weighted by Gasteiger charge is -2.20. The summed E-state index contributed by atoms with van der Waals surface area (Å²) in [4.78, 5) is 26.4. The minimum absolute atomic E-state index is 0.141. The largest absolute Gasteiger partial charge is 0.455 e. The summed E-state index contributed by atoms with van der Waals surface area (Å²) >= 11 is 1.40. The molecular weight excluding hydrogens is 350 g/mol. The van der Waals surface area contributed by atoms with E-state index in [4.69, 9.17) is 15.3 Å². The highest BCUT2D eigenvalue weighted by Gasteiger charge is 2.16. The molecule has 6 nitrogen and oxygen atoms in total. The number of carbonyl (C=O) groups is 2. The van der Waals surface area contributed by atoms with Crippen LogP contribution < -0.4 is 0 Å². The number of carbonyl (C=O) groups excluding carboxylic acids is 2. The topological polar surface area (TPSA) is 94.2 Å². The number of hydrogen-bond donors (Lipinski definition) is 0. The molecule has 0 fully saturated rings. The maximum atomic E-state index is 12.1. The van der Waals surface area contributed by atoms with E-state index in [1.54, 1.807) is 0 Å². The highest BCUT2D eigenvalue weighted by Crippen LogP contribution is 2.27. The Balaban J connectivity index is 1.75. The highest BCUT2D eigenvalue weighted by molar-refractivity contribution is 8.00. The average Bonchev–Trinajstić information content (AvgIpc) is 3.12. The molecule has 0 spiro atoms. The molecule has 1 aromatic rings. The zero-order valence-electron chi connectivity index (χ0n) is 14.6. The summed E-state index contributed by atoms with van der Waals surface area (Å²) in [6.45, 7) is 0.108. The third-order valence-corrected chi connectivity index (χ3v) is 5.09. The third kappa shape index (κ3) is 6.09. The first kappa shape index (κ1) is 19.8. The highest BCUT2D eigenvalue weighted by atomic mass is 32.2. The van der Waals surface area contributed by atoms with E-state index < -0.39 is 5.97 Å². The normalized spacial score (nSPS) is 11.9. The number of nitriles is 2. The molecule has 0 radical (unpaired) electrons. The van der Waals surface area contributed by atoms with Crippen LogP contribution in [0.1, 0.15) is 30.4 Å². The summed E-state index contributed by atoms with van der Waals surface area (Å²) in [5, 5.41) is 17.3. The van der Waals surface area contributed by atoms with Gasteiger partial charge in [-0.2, -0.15) is 10.5 Å². The molecule has 26 heavy (non-hydrogen) atoms. The molecule has 1 amide bonds. The second kappa shape index (κ2) is 10.5. The number of benzene rings is 1. The number of amides is 1. The SMILES string of the molecule is N#CCCN(CCC#N)C(=O)COC(=O)CSc1ccc2c(c1)CCC2. The summed E-state index contributed by atoms with van der Waals surface area (Å²) < 4.78 is 5.04. The molecule has 0 heterocycles. The Morgan fingerprint density at radius 1 is 1.12 bits per heavy atom. The number of hydrogen-bond acceptors (Lipinski definition) is 6. The van der Waals surface area contributed by atoms with Crippen LogP contribution in [0.5, 0.6) is 0 Å². The Morgan fingerprint density at radius 2 is 1.81 bits per heavy atom. The first-order chi connectivity index (χ1) is 12.6. The van der Waals surface area contributed by atoms with Gasteiger partial charge in [0.25, 0.3) is 5.91 Å². The molecule has 0 unspecified atom stereocenters. The maximum absolute atomic E-state index is 12.1. The van der Waals surface area contributed by atoms with Gasteiger partial charge in [-0.25, -0.2) is 0 Å². The average molecular weight is 371 g/mol. The van der Waals surface area contributed by atoms with Crippen molar-refractivity contribution in [3.8, 4) is 12.1 Å². The van der Waals surface area contributed by atoms with Crippen molar-refractivity contribution in [2.45, 2.75) is 37.0 Å². The van der Waals surface area contributed by atoms with Gasteiger partial charge in [-0.05, 0) is 42.5 Å². The van der Waals surface area contributed by atoms with Crippen molar-refractivity contribution >= 4 is 23.6 Å². The number of thioether (sulfide) groups is 1. The predicted molar refractivity (Wildman–Crippen MR) is 97.2 cm³/mol. The summed E-state index contributed by atoms with van der Waals surface area (Å²) in [5.74, 6) is -0.696. The van der Waals surface area contributed by atoms with E-state index in [-0.39, 0.29) is 44.2 Å². The number of aryl methyl sites for hydroxylation is 2. The van der Waals surface area contributed by atoms with Gasteiger partial charge in [0.15, 0.2) is 6.61 Å². The first-order valence-corrected chi connectivity index (χ1v) is 9.54. The molecule has 0 atom stereocenters. The Bertz CT molecular complexity index is 719. The molecule has 1 aromatic carbocycles. The van der Waals surface area contributed by atoms with Crippen LogP contribution in [0.25, 0.3) is 0 Å². The Hall–Kier alpha value is -2.51. The van der Waals surface area contributed by atoms with Crippen LogP contribution >= 0.6 is 11.8 Å². The van der Waals surface area contributed by atoms with Gasteiger partial charge in [0.2, 0.25) is 0 Å². The van der Waals surface area contributed by atoms with Crippen LogP contribution in [-0.2, 0) is 27.2 Å². The van der Waals surface area contributed by atoms with Gasteiger partial charge in [0.1, 0.15) is 0 Å². The predicted octanol–water partition coefficient (Wildman–Crippen LogP) is 2.47. The van der Waals surface area contributed by atoms with Gasteiger partial charge in [-0.3, -0.25) is 9.59 Å². The lowest BCUT2D eigenvalue weighted by atomic mass is 10.1. The van der Waals surface area contributed by atoms with E-state index in [1.165, 1.54) is 34.2 Å². The van der Waals surface area contributed by atoms with Crippen LogP contribution in [0.2, 0.25) is 0 Å². The Morgan fingerprint density at radius 3 is 2.50 bits per heavy atom. The Labute approximate surface area is 157 Å². The van der Waals surface area contributed by atoms with Crippen molar-refractivity contribution < 1.29 is 14.3 Å². The molecule has 0 bridgehead atoms. The number of ether oxygens (including phenoxy) is 1. The lowest BCUT2D eigenvalue weighted by molar-refractivity contribution is -0.149. The van der Waals surface area contributed by atoms with E-state index >= 15 is 0 Å². The zero-order valence-corrected chi connectivity index (χ0v) is 15.4. The monoisotopic (exact) mass is 371 g/mol. The minimum Gasteiger partial charge on any atom is -0.455 e. The fraction of sp³-hybridized carbons (Fsp3) is 0.474. The van der Waals surface area contributed by atoms with Gasteiger partial charge in [-0.1, -0.05) is 6.07 Å². The van der Waals surface area contributed by atoms with Gasteiger partial charge in [0, 0.05) is 18.0 Å². The van der Waals surface area contributed by atoms with Crippen molar-refractivity contribution in [1.82, 2.24) is 4.90 Å². The number of rotatable bonds is 9. The second-order valence-corrected chi connectivity index (χ2v) is 6.98. The maximum Gasteiger partial charge on any atom is 0.316 e. The van der Waals surface area contributed by atoms with Gasteiger partial charge < -0.3 is 9.64 Å². The summed E-state index contributed by atoms with van der Waals surface area (Å²) in [5.41, 5.74) is 2.74. The van der Waals surface area contributed by atoms with Gasteiger partial charge in [-0.15, -0.1) is 11.8 Å². The van der Waals surface area contributed by atoms with Gasteiger partial charge >= 0.3 is 5.97 Å². The number of nitrogens with zero attached hydrogens (tertiary/aromatic N) is 3. The molecule has 1 aliphatic carbocycles. The molecule has 136 valence electrons. The lowest BCUT2D eigenvalue weighted by Crippen LogP contribution is -2.36. The number of fused-ring (bicyclic) bond motifs is 1. The molecule has 0 aromatic heterocycles. The quantitative estimate of drug-likeness (QED) is 0.489. The molecule has 7 heteroatoms. The fourth-order valence-corrected chi connectivity index (χ4v) is 3.54. The van der Waals surface area contributed by atoms with Gasteiger partial charge in [0.05, 0.1) is 30.7 Å². The molecule has 0 saturated heterocycles. The second-order valence-electron chi connectivity index (χ2n) is 5.93. The van der Waals surface area contributed by atoms with Crippen LogP contribution in [-0.4, -0.2) is 42.2 Å². The summed E-state index contributed by atoms with van der Waals surface area (Å²) in [6.07, 6.45) is 3.75. The van der Waals surface area contributed by atoms with E-state index in [9.17, 15) is 9.59 Å². The van der Waals surface area contributed by atoms with E-state index in [2.05, 4.69) is 12.1 Å². The first-order valence-electron chi connectivity index (χ1n) is 8.56. The van der Waals surface area contributed by atoms with Crippen LogP contribution in [0.15, 0.2) is 23.1 Å². The standard InChI is InChI=1S/C19H21N3O3S/c20-8-2-10-22(11-3-9-21)18(23)13-25-19(24)14-26-17-7-6-15-4-1-5-16(15)12-17/h6-7,12H,1-5,10-11,13-14H2. The van der Waals surface area contributed by atoms with Crippen molar-refractivity contribution in [3.05, 3.63) is 29.3 Å². The molecule has 0 N–H and O–H groups in total. The van der Waals surface area contributed by atoms with Crippen molar-refractivity contribution in [1.29, 1.82) is 10.5 Å². The zero-order chi connectivity index (χ0) is 18.8. The smallest absolute Gasteiger partial charge is 0.316 e. The van der Waals surface area contributed by atoms with E-state index in [1.807, 2.05) is 18.2 Å². The third-order valence-electron chi connectivity index (χ3n) is 4.12. The molecular formula is C19H21N3O3S. The molecule has 2 rings (SSSR count).